The zero-order chi connectivity index (χ0) is 13.9. The lowest BCUT2D eigenvalue weighted by Crippen LogP contribution is -2.23. The summed E-state index contributed by atoms with van der Waals surface area (Å²) in [4.78, 5) is 2.32. The molecule has 1 heteroatoms. The first kappa shape index (κ1) is 12.7. The van der Waals surface area contributed by atoms with E-state index in [4.69, 9.17) is 0 Å². The monoisotopic (exact) mass is 261 g/mol. The Morgan fingerprint density at radius 1 is 0.800 bits per heavy atom. The summed E-state index contributed by atoms with van der Waals surface area (Å²) in [5, 5.41) is 0. The van der Waals surface area contributed by atoms with E-state index in [0.29, 0.717) is 0 Å². The minimum absolute atomic E-state index is 0.955. The first-order chi connectivity index (χ1) is 9.75. The number of hydrogen-bond acceptors (Lipinski definition) is 1. The minimum Gasteiger partial charge on any atom is -0.370 e. The van der Waals surface area contributed by atoms with Crippen molar-refractivity contribution in [2.24, 2.45) is 0 Å². The highest BCUT2D eigenvalue weighted by Gasteiger charge is 2.17. The zero-order valence-electron chi connectivity index (χ0n) is 12.0. The highest BCUT2D eigenvalue weighted by molar-refractivity contribution is 5.80. The normalized spacial score (nSPS) is 15.3. The summed E-state index contributed by atoms with van der Waals surface area (Å²) in [6.07, 6.45) is 2.29. The maximum absolute atomic E-state index is 2.32. The fraction of sp³-hybridized carbons (Fsp3) is 0.158. The summed E-state index contributed by atoms with van der Waals surface area (Å²) in [5.41, 5.74) is 6.66. The van der Waals surface area contributed by atoms with E-state index in [1.807, 2.05) is 0 Å². The van der Waals surface area contributed by atoms with Crippen molar-refractivity contribution < 1.29 is 0 Å². The van der Waals surface area contributed by atoms with Crippen molar-refractivity contribution in [3.8, 4) is 0 Å². The van der Waals surface area contributed by atoms with E-state index < -0.39 is 0 Å². The SMILES string of the molecule is CC1=C(c2ccccc2)CN(C)C(c2ccccc2)=C1. The van der Waals surface area contributed by atoms with Gasteiger partial charge in [-0.15, -0.1) is 0 Å². The highest BCUT2D eigenvalue weighted by Crippen LogP contribution is 2.31. The van der Waals surface area contributed by atoms with Crippen molar-refractivity contribution in [3.05, 3.63) is 83.4 Å². The molecule has 0 atom stereocenters. The molecule has 1 heterocycles. The van der Waals surface area contributed by atoms with Crippen LogP contribution < -0.4 is 0 Å². The molecule has 2 aromatic carbocycles. The summed E-state index contributed by atoms with van der Waals surface area (Å²) < 4.78 is 0. The van der Waals surface area contributed by atoms with Gasteiger partial charge in [0.2, 0.25) is 0 Å². The third-order valence-electron chi connectivity index (χ3n) is 3.83. The fourth-order valence-electron chi connectivity index (χ4n) is 2.72. The van der Waals surface area contributed by atoms with Crippen molar-refractivity contribution in [2.75, 3.05) is 13.6 Å². The quantitative estimate of drug-likeness (QED) is 0.772. The van der Waals surface area contributed by atoms with E-state index in [-0.39, 0.29) is 0 Å². The molecular formula is C19H19N. The summed E-state index contributed by atoms with van der Waals surface area (Å²) in [5.74, 6) is 0. The Balaban J connectivity index is 2.03. The Hall–Kier alpha value is -2.28. The number of likely N-dealkylation sites (N-methyl/N-ethyl adjacent to an activating group) is 1. The maximum Gasteiger partial charge on any atom is 0.0443 e. The van der Waals surface area contributed by atoms with Crippen molar-refractivity contribution in [2.45, 2.75) is 6.92 Å². The van der Waals surface area contributed by atoms with Crippen LogP contribution in [0.5, 0.6) is 0 Å². The van der Waals surface area contributed by atoms with Crippen LogP contribution in [0.15, 0.2) is 72.3 Å². The van der Waals surface area contributed by atoms with Crippen LogP contribution in [-0.2, 0) is 0 Å². The van der Waals surface area contributed by atoms with Crippen molar-refractivity contribution in [3.63, 3.8) is 0 Å². The molecule has 2 aromatic rings. The van der Waals surface area contributed by atoms with E-state index in [1.165, 1.54) is 28.0 Å². The molecule has 0 saturated carbocycles. The molecule has 0 N–H and O–H groups in total. The van der Waals surface area contributed by atoms with Crippen molar-refractivity contribution >= 4 is 11.3 Å². The van der Waals surface area contributed by atoms with Gasteiger partial charge in [0.15, 0.2) is 0 Å². The predicted molar refractivity (Wildman–Crippen MR) is 86.1 cm³/mol. The van der Waals surface area contributed by atoms with Gasteiger partial charge < -0.3 is 4.90 Å². The van der Waals surface area contributed by atoms with Crippen molar-refractivity contribution in [1.82, 2.24) is 4.90 Å². The van der Waals surface area contributed by atoms with Gasteiger partial charge in [-0.25, -0.2) is 0 Å². The maximum atomic E-state index is 2.32. The summed E-state index contributed by atoms with van der Waals surface area (Å²) in [6, 6.07) is 21.2. The molecule has 0 saturated heterocycles. The smallest absolute Gasteiger partial charge is 0.0443 e. The molecule has 20 heavy (non-hydrogen) atoms. The molecule has 0 amide bonds. The van der Waals surface area contributed by atoms with Crippen LogP contribution in [0.25, 0.3) is 11.3 Å². The van der Waals surface area contributed by atoms with Crippen LogP contribution in [0.4, 0.5) is 0 Å². The Bertz CT molecular complexity index is 651. The molecule has 0 spiro atoms. The Morgan fingerprint density at radius 2 is 1.35 bits per heavy atom. The molecule has 0 bridgehead atoms. The predicted octanol–water partition coefficient (Wildman–Crippen LogP) is 4.45. The van der Waals surface area contributed by atoms with Crippen LogP contribution >= 0.6 is 0 Å². The van der Waals surface area contributed by atoms with Gasteiger partial charge >= 0.3 is 0 Å². The van der Waals surface area contributed by atoms with Crippen LogP contribution in [0.1, 0.15) is 18.1 Å². The molecule has 0 radical (unpaired) electrons. The molecule has 100 valence electrons. The molecule has 0 fully saturated rings. The van der Waals surface area contributed by atoms with Gasteiger partial charge in [-0.2, -0.15) is 0 Å². The third-order valence-corrected chi connectivity index (χ3v) is 3.83. The van der Waals surface area contributed by atoms with Crippen LogP contribution in [-0.4, -0.2) is 18.5 Å². The van der Waals surface area contributed by atoms with Gasteiger partial charge in [-0.05, 0) is 35.3 Å². The molecule has 1 nitrogen and oxygen atoms in total. The summed E-state index contributed by atoms with van der Waals surface area (Å²) >= 11 is 0. The largest absolute Gasteiger partial charge is 0.370 e. The van der Waals surface area contributed by atoms with E-state index in [2.05, 4.69) is 85.6 Å². The van der Waals surface area contributed by atoms with Gasteiger partial charge in [0, 0.05) is 19.3 Å². The van der Waals surface area contributed by atoms with Gasteiger partial charge in [-0.1, -0.05) is 60.7 Å². The van der Waals surface area contributed by atoms with E-state index in [1.54, 1.807) is 0 Å². The summed E-state index contributed by atoms with van der Waals surface area (Å²) in [6.45, 7) is 3.16. The van der Waals surface area contributed by atoms with Crippen LogP contribution in [0, 0.1) is 0 Å². The topological polar surface area (TPSA) is 3.24 Å². The fourth-order valence-corrected chi connectivity index (χ4v) is 2.72. The second-order valence-corrected chi connectivity index (χ2v) is 5.28. The highest BCUT2D eigenvalue weighted by atomic mass is 15.1. The second kappa shape index (κ2) is 5.38. The lowest BCUT2D eigenvalue weighted by molar-refractivity contribution is 0.537. The second-order valence-electron chi connectivity index (χ2n) is 5.28. The standard InChI is InChI=1S/C19H19N/c1-15-13-19(17-11-7-4-8-12-17)20(2)14-18(15)16-9-5-3-6-10-16/h3-13H,14H2,1-2H3. The number of nitrogens with zero attached hydrogens (tertiary/aromatic N) is 1. The van der Waals surface area contributed by atoms with E-state index >= 15 is 0 Å². The number of rotatable bonds is 2. The molecule has 0 unspecified atom stereocenters. The molecular weight excluding hydrogens is 242 g/mol. The molecule has 0 aromatic heterocycles. The third kappa shape index (κ3) is 2.39. The van der Waals surface area contributed by atoms with E-state index in [0.717, 1.165) is 6.54 Å². The molecule has 3 rings (SSSR count). The average molecular weight is 261 g/mol. The molecule has 1 aliphatic rings. The lowest BCUT2D eigenvalue weighted by Gasteiger charge is -2.30. The van der Waals surface area contributed by atoms with Gasteiger partial charge in [0.05, 0.1) is 0 Å². The Kier molecular flexibility index (Phi) is 3.42. The van der Waals surface area contributed by atoms with Gasteiger partial charge in [0.25, 0.3) is 0 Å². The van der Waals surface area contributed by atoms with Crippen LogP contribution in [0.3, 0.4) is 0 Å². The summed E-state index contributed by atoms with van der Waals surface area (Å²) in [7, 11) is 2.16. The van der Waals surface area contributed by atoms with Gasteiger partial charge in [0.1, 0.15) is 0 Å². The molecule has 1 aliphatic heterocycles. The number of hydrogen-bond donors (Lipinski definition) is 0. The van der Waals surface area contributed by atoms with Gasteiger partial charge in [-0.3, -0.25) is 0 Å². The lowest BCUT2D eigenvalue weighted by atomic mass is 9.95. The minimum atomic E-state index is 0.955. The van der Waals surface area contributed by atoms with E-state index in [9.17, 15) is 0 Å². The first-order valence-corrected chi connectivity index (χ1v) is 6.99. The Labute approximate surface area is 120 Å². The first-order valence-electron chi connectivity index (χ1n) is 6.99. The van der Waals surface area contributed by atoms with Crippen LogP contribution in [0.2, 0.25) is 0 Å². The number of allylic oxidation sites excluding steroid dienone is 2. The Morgan fingerprint density at radius 3 is 1.95 bits per heavy atom. The zero-order valence-corrected chi connectivity index (χ0v) is 12.0. The number of benzene rings is 2. The van der Waals surface area contributed by atoms with Crippen molar-refractivity contribution in [1.29, 1.82) is 0 Å². The molecule has 0 aliphatic carbocycles. The average Bonchev–Trinajstić information content (AvgIpc) is 2.51.